The Labute approximate surface area is 131 Å². The predicted octanol–water partition coefficient (Wildman–Crippen LogP) is 1.21. The molecule has 9 heteroatoms. The van der Waals surface area contributed by atoms with Crippen molar-refractivity contribution in [3.63, 3.8) is 0 Å². The summed E-state index contributed by atoms with van der Waals surface area (Å²) in [5.41, 5.74) is 3.37. The first-order valence-electron chi connectivity index (χ1n) is 6.78. The Balaban J connectivity index is 2.01. The van der Waals surface area contributed by atoms with Crippen LogP contribution in [0.3, 0.4) is 0 Å². The number of hydrogen-bond donors (Lipinski definition) is 2. The molecule has 2 N–H and O–H groups in total. The number of anilines is 1. The third-order valence-electron chi connectivity index (χ3n) is 3.36. The first-order chi connectivity index (χ1) is 10.8. The minimum absolute atomic E-state index is 0.0522. The van der Waals surface area contributed by atoms with E-state index in [1.165, 1.54) is 12.1 Å². The number of rotatable bonds is 2. The Morgan fingerprint density at radius 3 is 2.87 bits per heavy atom. The van der Waals surface area contributed by atoms with Gasteiger partial charge in [-0.25, -0.2) is 23.2 Å². The molecule has 1 aromatic heterocycles. The Bertz CT molecular complexity index is 966. The lowest BCUT2D eigenvalue weighted by molar-refractivity contribution is 0.593. The van der Waals surface area contributed by atoms with Crippen LogP contribution in [0.5, 0.6) is 0 Å². The molecule has 23 heavy (non-hydrogen) atoms. The molecule has 0 spiro atoms. The fourth-order valence-electron chi connectivity index (χ4n) is 2.34. The number of halogens is 1. The Hall–Kier alpha value is -2.55. The van der Waals surface area contributed by atoms with E-state index in [0.717, 1.165) is 12.1 Å². The van der Waals surface area contributed by atoms with Crippen molar-refractivity contribution in [2.24, 2.45) is 5.10 Å². The van der Waals surface area contributed by atoms with Crippen molar-refractivity contribution in [3.05, 3.63) is 51.7 Å². The molecule has 0 atom stereocenters. The fraction of sp³-hybridized carbons (Fsp3) is 0.214. The maximum Gasteiger partial charge on any atom is 0.252 e. The van der Waals surface area contributed by atoms with Gasteiger partial charge in [0.25, 0.3) is 5.56 Å². The average Bonchev–Trinajstić information content (AvgIpc) is 2.45. The molecule has 7 nitrogen and oxygen atoms in total. The standard InChI is InChI=1S/C14H13FN4O3S/c1-8-6-13(20)17-14(16-8)19-18-11-4-5-23(21,22)12-3-2-9(15)7-10(11)12/h2-3,6-7H,4-5H2,1H3,(H2,16,17,19,20). The van der Waals surface area contributed by atoms with E-state index >= 15 is 0 Å². The molecule has 0 unspecified atom stereocenters. The Kier molecular flexibility index (Phi) is 3.72. The van der Waals surface area contributed by atoms with Gasteiger partial charge in [-0.2, -0.15) is 5.10 Å². The number of hydrazone groups is 1. The second kappa shape index (κ2) is 5.58. The van der Waals surface area contributed by atoms with Gasteiger partial charge >= 0.3 is 0 Å². The molecule has 3 rings (SSSR count). The van der Waals surface area contributed by atoms with Crippen molar-refractivity contribution in [1.82, 2.24) is 9.97 Å². The summed E-state index contributed by atoms with van der Waals surface area (Å²) in [6.45, 7) is 1.66. The van der Waals surface area contributed by atoms with E-state index in [-0.39, 0.29) is 34.1 Å². The lowest BCUT2D eigenvalue weighted by Gasteiger charge is -2.18. The topological polar surface area (TPSA) is 104 Å². The van der Waals surface area contributed by atoms with Crippen molar-refractivity contribution < 1.29 is 12.8 Å². The van der Waals surface area contributed by atoms with E-state index in [0.29, 0.717) is 11.4 Å². The van der Waals surface area contributed by atoms with E-state index in [1.807, 2.05) is 0 Å². The summed E-state index contributed by atoms with van der Waals surface area (Å²) in [5, 5.41) is 4.09. The third-order valence-corrected chi connectivity index (χ3v) is 5.13. The molecule has 0 fully saturated rings. The van der Waals surface area contributed by atoms with Crippen LogP contribution in [0.25, 0.3) is 0 Å². The average molecular weight is 336 g/mol. The maximum absolute atomic E-state index is 13.5. The van der Waals surface area contributed by atoms with Crippen molar-refractivity contribution >= 4 is 21.5 Å². The molecule has 0 saturated heterocycles. The van der Waals surface area contributed by atoms with E-state index in [9.17, 15) is 17.6 Å². The third kappa shape index (κ3) is 3.14. The van der Waals surface area contributed by atoms with Crippen LogP contribution in [-0.2, 0) is 9.84 Å². The zero-order chi connectivity index (χ0) is 16.6. The quantitative estimate of drug-likeness (QED) is 0.634. The Morgan fingerprint density at radius 1 is 1.35 bits per heavy atom. The summed E-state index contributed by atoms with van der Waals surface area (Å²) in [7, 11) is -3.44. The van der Waals surface area contributed by atoms with Crippen molar-refractivity contribution in [3.8, 4) is 0 Å². The van der Waals surface area contributed by atoms with Crippen LogP contribution >= 0.6 is 0 Å². The number of nitrogens with one attached hydrogen (secondary N) is 2. The van der Waals surface area contributed by atoms with E-state index in [4.69, 9.17) is 0 Å². The lowest BCUT2D eigenvalue weighted by atomic mass is 10.1. The molecular formula is C14H13FN4O3S. The number of benzene rings is 1. The summed E-state index contributed by atoms with van der Waals surface area (Å²) in [6, 6.07) is 4.81. The summed E-state index contributed by atoms with van der Waals surface area (Å²) >= 11 is 0. The van der Waals surface area contributed by atoms with Crippen LogP contribution in [0.1, 0.15) is 17.7 Å². The van der Waals surface area contributed by atoms with E-state index in [2.05, 4.69) is 20.5 Å². The number of fused-ring (bicyclic) bond motifs is 1. The highest BCUT2D eigenvalue weighted by Crippen LogP contribution is 2.26. The molecule has 1 aromatic carbocycles. The molecular weight excluding hydrogens is 323 g/mol. The van der Waals surface area contributed by atoms with E-state index < -0.39 is 15.7 Å². The second-order valence-corrected chi connectivity index (χ2v) is 7.19. The van der Waals surface area contributed by atoms with Gasteiger partial charge in [0, 0.05) is 23.7 Å². The zero-order valence-corrected chi connectivity index (χ0v) is 12.9. The molecule has 0 amide bonds. The second-order valence-electron chi connectivity index (χ2n) is 5.12. The number of sulfone groups is 1. The van der Waals surface area contributed by atoms with Crippen molar-refractivity contribution in [2.75, 3.05) is 11.2 Å². The molecule has 0 bridgehead atoms. The molecule has 1 aliphatic heterocycles. The molecule has 120 valence electrons. The molecule has 0 saturated carbocycles. The number of aromatic amines is 1. The predicted molar refractivity (Wildman–Crippen MR) is 82.8 cm³/mol. The number of aromatic nitrogens is 2. The van der Waals surface area contributed by atoms with Crippen LogP contribution in [-0.4, -0.2) is 29.9 Å². The van der Waals surface area contributed by atoms with Gasteiger partial charge in [0.1, 0.15) is 5.82 Å². The van der Waals surface area contributed by atoms with Crippen LogP contribution in [0.4, 0.5) is 10.3 Å². The minimum Gasteiger partial charge on any atom is -0.291 e. The summed E-state index contributed by atoms with van der Waals surface area (Å²) in [4.78, 5) is 17.9. The van der Waals surface area contributed by atoms with Gasteiger partial charge < -0.3 is 0 Å². The molecule has 0 aliphatic carbocycles. The highest BCUT2D eigenvalue weighted by molar-refractivity contribution is 7.91. The SMILES string of the molecule is Cc1cc(=O)[nH]c(NN=C2CCS(=O)(=O)c3ccc(F)cc32)n1. The molecule has 1 aliphatic rings. The monoisotopic (exact) mass is 336 g/mol. The van der Waals surface area contributed by atoms with Crippen LogP contribution in [0.2, 0.25) is 0 Å². The number of aryl methyl sites for hydroxylation is 1. The van der Waals surface area contributed by atoms with Gasteiger partial charge in [-0.05, 0) is 25.1 Å². The first kappa shape index (κ1) is 15.3. The summed E-state index contributed by atoms with van der Waals surface area (Å²) in [5.74, 6) is -0.520. The smallest absolute Gasteiger partial charge is 0.252 e. The number of nitrogens with zero attached hydrogens (tertiary/aromatic N) is 2. The largest absolute Gasteiger partial charge is 0.291 e. The number of hydrogen-bond acceptors (Lipinski definition) is 6. The molecule has 2 heterocycles. The van der Waals surface area contributed by atoms with Crippen molar-refractivity contribution in [2.45, 2.75) is 18.2 Å². The Morgan fingerprint density at radius 2 is 2.13 bits per heavy atom. The van der Waals surface area contributed by atoms with Crippen LogP contribution in [0.15, 0.2) is 39.1 Å². The van der Waals surface area contributed by atoms with Crippen LogP contribution < -0.4 is 11.0 Å². The highest BCUT2D eigenvalue weighted by Gasteiger charge is 2.28. The van der Waals surface area contributed by atoms with Gasteiger partial charge in [-0.1, -0.05) is 0 Å². The van der Waals surface area contributed by atoms with Gasteiger partial charge in [-0.15, -0.1) is 0 Å². The van der Waals surface area contributed by atoms with Crippen LogP contribution in [0, 0.1) is 12.7 Å². The fourth-order valence-corrected chi connectivity index (χ4v) is 3.81. The van der Waals surface area contributed by atoms with Gasteiger partial charge in [0.15, 0.2) is 9.84 Å². The van der Waals surface area contributed by atoms with E-state index in [1.54, 1.807) is 6.92 Å². The van der Waals surface area contributed by atoms with Gasteiger partial charge in [-0.3, -0.25) is 9.78 Å². The maximum atomic E-state index is 13.5. The van der Waals surface area contributed by atoms with Crippen molar-refractivity contribution in [1.29, 1.82) is 0 Å². The lowest BCUT2D eigenvalue weighted by Crippen LogP contribution is -2.23. The summed E-state index contributed by atoms with van der Waals surface area (Å²) in [6.07, 6.45) is 0.141. The zero-order valence-electron chi connectivity index (χ0n) is 12.1. The number of H-pyrrole nitrogens is 1. The molecule has 2 aromatic rings. The van der Waals surface area contributed by atoms with Gasteiger partial charge in [0.05, 0.1) is 16.4 Å². The molecule has 0 radical (unpaired) electrons. The highest BCUT2D eigenvalue weighted by atomic mass is 32.2. The summed E-state index contributed by atoms with van der Waals surface area (Å²) < 4.78 is 37.5. The van der Waals surface area contributed by atoms with Gasteiger partial charge in [0.2, 0.25) is 5.95 Å². The first-order valence-corrected chi connectivity index (χ1v) is 8.43. The minimum atomic E-state index is -3.44. The normalized spacial score (nSPS) is 17.7.